The van der Waals surface area contributed by atoms with Gasteiger partial charge >= 0.3 is 0 Å². The van der Waals surface area contributed by atoms with Crippen molar-refractivity contribution < 1.29 is 14.3 Å². The van der Waals surface area contributed by atoms with Gasteiger partial charge in [-0.05, 0) is 44.3 Å². The van der Waals surface area contributed by atoms with E-state index in [1.54, 1.807) is 24.4 Å². The molecule has 0 saturated carbocycles. The molecule has 0 saturated heterocycles. The number of aromatic nitrogens is 2. The third-order valence-electron chi connectivity index (χ3n) is 4.91. The van der Waals surface area contributed by atoms with Crippen molar-refractivity contribution in [2.45, 2.75) is 26.4 Å². The van der Waals surface area contributed by atoms with E-state index in [0.717, 1.165) is 11.3 Å². The number of methoxy groups -OCH3 is 1. The summed E-state index contributed by atoms with van der Waals surface area (Å²) in [4.78, 5) is 26.1. The number of hydrogen-bond donors (Lipinski definition) is 2. The van der Waals surface area contributed by atoms with Crippen LogP contribution in [0.25, 0.3) is 5.69 Å². The highest BCUT2D eigenvalue weighted by atomic mass is 16.5. The van der Waals surface area contributed by atoms with Crippen molar-refractivity contribution >= 4 is 23.2 Å². The Bertz CT molecular complexity index is 1050. The molecule has 0 radical (unpaired) electrons. The van der Waals surface area contributed by atoms with Crippen LogP contribution in [0.2, 0.25) is 0 Å². The first kappa shape index (κ1) is 22.0. The molecule has 1 aromatic heterocycles. The number of ether oxygens (including phenoxy) is 1. The summed E-state index contributed by atoms with van der Waals surface area (Å²) >= 11 is 0. The Kier molecular flexibility index (Phi) is 7.04. The molecule has 162 valence electrons. The third kappa shape index (κ3) is 5.70. The van der Waals surface area contributed by atoms with Crippen LogP contribution in [0.3, 0.4) is 0 Å². The van der Waals surface area contributed by atoms with Gasteiger partial charge in [0.05, 0.1) is 30.7 Å². The topological polar surface area (TPSA) is 88.5 Å². The number of hydrogen-bond acceptors (Lipinski definition) is 5. The monoisotopic (exact) mass is 421 g/mol. The molecule has 1 heterocycles. The van der Waals surface area contributed by atoms with Gasteiger partial charge < -0.3 is 15.4 Å². The fourth-order valence-corrected chi connectivity index (χ4v) is 3.11. The van der Waals surface area contributed by atoms with Gasteiger partial charge in [-0.1, -0.05) is 18.2 Å². The first-order chi connectivity index (χ1) is 14.9. The number of benzene rings is 2. The van der Waals surface area contributed by atoms with Crippen LogP contribution in [-0.4, -0.2) is 46.7 Å². The fourth-order valence-electron chi connectivity index (χ4n) is 3.11. The van der Waals surface area contributed by atoms with E-state index >= 15 is 0 Å². The summed E-state index contributed by atoms with van der Waals surface area (Å²) < 4.78 is 7.15. The number of nitrogens with one attached hydrogen (secondary N) is 2. The average Bonchev–Trinajstić information content (AvgIpc) is 3.22. The van der Waals surface area contributed by atoms with Crippen molar-refractivity contribution in [3.8, 4) is 11.4 Å². The van der Waals surface area contributed by atoms with Gasteiger partial charge in [0.2, 0.25) is 11.8 Å². The van der Waals surface area contributed by atoms with Crippen LogP contribution < -0.4 is 15.4 Å². The lowest BCUT2D eigenvalue weighted by molar-refractivity contribution is -0.120. The minimum absolute atomic E-state index is 0.184. The molecule has 0 aliphatic rings. The van der Waals surface area contributed by atoms with E-state index in [1.165, 1.54) is 14.0 Å². The minimum Gasteiger partial charge on any atom is -0.495 e. The second kappa shape index (κ2) is 9.90. The SMILES string of the molecule is COc1ccc(NC(C)=O)cc1NC(=O)C(C)N(C)Cc1cnn(-c2ccccc2)c1. The smallest absolute Gasteiger partial charge is 0.241 e. The fraction of sp³-hybridized carbons (Fsp3) is 0.261. The molecule has 0 spiro atoms. The summed E-state index contributed by atoms with van der Waals surface area (Å²) in [5.41, 5.74) is 3.05. The summed E-state index contributed by atoms with van der Waals surface area (Å²) in [6, 6.07) is 14.5. The van der Waals surface area contributed by atoms with Gasteiger partial charge in [0, 0.05) is 30.9 Å². The molecule has 2 amide bonds. The van der Waals surface area contributed by atoms with Gasteiger partial charge in [0.15, 0.2) is 0 Å². The lowest BCUT2D eigenvalue weighted by Gasteiger charge is -2.24. The zero-order valence-corrected chi connectivity index (χ0v) is 18.1. The average molecular weight is 422 g/mol. The van der Waals surface area contributed by atoms with Crippen LogP contribution in [0, 0.1) is 0 Å². The molecule has 2 aromatic carbocycles. The first-order valence-corrected chi connectivity index (χ1v) is 9.93. The highest BCUT2D eigenvalue weighted by Crippen LogP contribution is 2.28. The Labute approximate surface area is 181 Å². The maximum atomic E-state index is 12.9. The van der Waals surface area contributed by atoms with Crippen LogP contribution in [0.1, 0.15) is 19.4 Å². The second-order valence-electron chi connectivity index (χ2n) is 7.31. The molecule has 3 rings (SSSR count). The van der Waals surface area contributed by atoms with Gasteiger partial charge in [-0.15, -0.1) is 0 Å². The number of rotatable bonds is 8. The number of para-hydroxylation sites is 1. The Balaban J connectivity index is 1.66. The predicted molar refractivity (Wildman–Crippen MR) is 120 cm³/mol. The van der Waals surface area contributed by atoms with Crippen molar-refractivity contribution in [3.63, 3.8) is 0 Å². The molecule has 0 aliphatic carbocycles. The van der Waals surface area contributed by atoms with Crippen LogP contribution in [0.5, 0.6) is 5.75 Å². The molecular formula is C23H27N5O3. The standard InChI is InChI=1S/C23H27N5O3/c1-16(23(30)26-21-12-19(25-17(2)29)10-11-22(21)31-4)27(3)14-18-13-24-28(15-18)20-8-6-5-7-9-20/h5-13,15-16H,14H2,1-4H3,(H,25,29)(H,26,30). The van der Waals surface area contributed by atoms with Crippen LogP contribution in [-0.2, 0) is 16.1 Å². The minimum atomic E-state index is -0.408. The highest BCUT2D eigenvalue weighted by Gasteiger charge is 2.20. The van der Waals surface area contributed by atoms with Crippen molar-refractivity contribution in [3.05, 3.63) is 66.5 Å². The molecule has 8 nitrogen and oxygen atoms in total. The maximum absolute atomic E-state index is 12.9. The number of likely N-dealkylation sites (N-methyl/N-ethyl adjacent to an activating group) is 1. The molecule has 2 N–H and O–H groups in total. The van der Waals surface area contributed by atoms with Crippen LogP contribution in [0.4, 0.5) is 11.4 Å². The Morgan fingerprint density at radius 2 is 1.90 bits per heavy atom. The second-order valence-corrected chi connectivity index (χ2v) is 7.31. The maximum Gasteiger partial charge on any atom is 0.241 e. The highest BCUT2D eigenvalue weighted by molar-refractivity contribution is 5.97. The largest absolute Gasteiger partial charge is 0.495 e. The third-order valence-corrected chi connectivity index (χ3v) is 4.91. The van der Waals surface area contributed by atoms with E-state index in [9.17, 15) is 9.59 Å². The van der Waals surface area contributed by atoms with E-state index in [4.69, 9.17) is 4.74 Å². The summed E-state index contributed by atoms with van der Waals surface area (Å²) in [5, 5.41) is 10.0. The van der Waals surface area contributed by atoms with E-state index in [-0.39, 0.29) is 11.8 Å². The molecule has 0 fully saturated rings. The molecule has 8 heteroatoms. The molecule has 1 atom stereocenters. The zero-order valence-electron chi connectivity index (χ0n) is 18.1. The van der Waals surface area contributed by atoms with E-state index in [1.807, 2.05) is 60.1 Å². The predicted octanol–water partition coefficient (Wildman–Crippen LogP) is 3.30. The Morgan fingerprint density at radius 3 is 2.58 bits per heavy atom. The lowest BCUT2D eigenvalue weighted by atomic mass is 10.2. The van der Waals surface area contributed by atoms with Crippen molar-refractivity contribution in [2.24, 2.45) is 0 Å². The van der Waals surface area contributed by atoms with E-state index < -0.39 is 6.04 Å². The van der Waals surface area contributed by atoms with Gasteiger partial charge in [-0.25, -0.2) is 4.68 Å². The van der Waals surface area contributed by atoms with Gasteiger partial charge in [0.25, 0.3) is 0 Å². The van der Waals surface area contributed by atoms with Gasteiger partial charge in [-0.2, -0.15) is 5.10 Å². The van der Waals surface area contributed by atoms with Gasteiger partial charge in [-0.3, -0.25) is 14.5 Å². The quantitative estimate of drug-likeness (QED) is 0.583. The van der Waals surface area contributed by atoms with Gasteiger partial charge in [0.1, 0.15) is 5.75 Å². The first-order valence-electron chi connectivity index (χ1n) is 9.93. The number of nitrogens with zero attached hydrogens (tertiary/aromatic N) is 3. The molecule has 3 aromatic rings. The molecule has 1 unspecified atom stereocenters. The molecule has 31 heavy (non-hydrogen) atoms. The number of anilines is 2. The normalized spacial score (nSPS) is 11.8. The lowest BCUT2D eigenvalue weighted by Crippen LogP contribution is -2.39. The number of amides is 2. The van der Waals surface area contributed by atoms with Crippen molar-refractivity contribution in [2.75, 3.05) is 24.8 Å². The van der Waals surface area contributed by atoms with Crippen molar-refractivity contribution in [1.82, 2.24) is 14.7 Å². The van der Waals surface area contributed by atoms with E-state index in [2.05, 4.69) is 15.7 Å². The molecule has 0 bridgehead atoms. The van der Waals surface area contributed by atoms with Crippen LogP contribution in [0.15, 0.2) is 60.9 Å². The number of carbonyl (C=O) groups is 2. The summed E-state index contributed by atoms with van der Waals surface area (Å²) in [7, 11) is 3.41. The van der Waals surface area contributed by atoms with Crippen molar-refractivity contribution in [1.29, 1.82) is 0 Å². The summed E-state index contributed by atoms with van der Waals surface area (Å²) in [5.74, 6) is 0.143. The van der Waals surface area contributed by atoms with E-state index in [0.29, 0.717) is 23.7 Å². The zero-order chi connectivity index (χ0) is 22.4. The molecular weight excluding hydrogens is 394 g/mol. The Hall–Kier alpha value is -3.65. The van der Waals surface area contributed by atoms with Crippen LogP contribution >= 0.6 is 0 Å². The number of carbonyl (C=O) groups excluding carboxylic acids is 2. The summed E-state index contributed by atoms with van der Waals surface area (Å²) in [6.45, 7) is 3.82. The summed E-state index contributed by atoms with van der Waals surface area (Å²) in [6.07, 6.45) is 3.75. The Morgan fingerprint density at radius 1 is 1.16 bits per heavy atom. The molecule has 0 aliphatic heterocycles.